The Bertz CT molecular complexity index is 544. The summed E-state index contributed by atoms with van der Waals surface area (Å²) in [6, 6.07) is 11.2. The summed E-state index contributed by atoms with van der Waals surface area (Å²) in [5.41, 5.74) is 2.21. The zero-order valence-electron chi connectivity index (χ0n) is 10.5. The molecule has 1 N–H and O–H groups in total. The maximum Gasteiger partial charge on any atom is 0.169 e. The Kier molecular flexibility index (Phi) is 6.03. The molecule has 0 fully saturated rings. The molecule has 19 heavy (non-hydrogen) atoms. The van der Waals surface area contributed by atoms with Gasteiger partial charge in [-0.05, 0) is 29.3 Å². The van der Waals surface area contributed by atoms with Crippen LogP contribution in [0.1, 0.15) is 11.1 Å². The Balaban J connectivity index is 0.00000180. The summed E-state index contributed by atoms with van der Waals surface area (Å²) in [6.45, 7) is 4.53. The van der Waals surface area contributed by atoms with E-state index in [1.807, 2.05) is 42.8 Å². The van der Waals surface area contributed by atoms with Crippen molar-refractivity contribution >= 4 is 12.2 Å². The van der Waals surface area contributed by atoms with Gasteiger partial charge < -0.3 is 22.1 Å². The van der Waals surface area contributed by atoms with Gasteiger partial charge in [0.1, 0.15) is 5.75 Å². The topological polar surface area (TPSA) is 24.1 Å². The van der Waals surface area contributed by atoms with E-state index in [-0.39, 0.29) is 22.7 Å². The average Bonchev–Trinajstić information content (AvgIpc) is 2.40. The van der Waals surface area contributed by atoms with E-state index in [0.29, 0.717) is 0 Å². The number of rotatable bonds is 4. The Morgan fingerprint density at radius 2 is 1.47 bits per heavy atom. The molecule has 1 aromatic carbocycles. The van der Waals surface area contributed by atoms with Gasteiger partial charge in [-0.25, -0.2) is 4.57 Å². The molecule has 2 nitrogen and oxygen atoms in total. The number of hydrogen-bond acceptors (Lipinski definition) is 1. The van der Waals surface area contributed by atoms with Crippen LogP contribution in [0.5, 0.6) is 5.75 Å². The summed E-state index contributed by atoms with van der Waals surface area (Å²) in [5, 5.41) is 9.19. The number of halogens is 1. The van der Waals surface area contributed by atoms with E-state index in [1.54, 1.807) is 12.1 Å². The van der Waals surface area contributed by atoms with Gasteiger partial charge in [-0.2, -0.15) is 0 Å². The van der Waals surface area contributed by atoms with E-state index < -0.39 is 0 Å². The molecule has 1 heterocycles. The number of phenolic OH excluding ortho intramolecular Hbond substituents is 1. The molecule has 0 bridgehead atoms. The summed E-state index contributed by atoms with van der Waals surface area (Å²) in [7, 11) is 0. The van der Waals surface area contributed by atoms with Crippen molar-refractivity contribution in [3.05, 3.63) is 72.6 Å². The van der Waals surface area contributed by atoms with E-state index in [2.05, 4.69) is 23.3 Å². The third kappa shape index (κ3) is 4.72. The minimum absolute atomic E-state index is 0. The van der Waals surface area contributed by atoms with Crippen molar-refractivity contribution in [2.24, 2.45) is 0 Å². The molecule has 98 valence electrons. The van der Waals surface area contributed by atoms with Gasteiger partial charge in [0, 0.05) is 12.1 Å². The zero-order chi connectivity index (χ0) is 12.8. The van der Waals surface area contributed by atoms with Crippen molar-refractivity contribution < 1.29 is 26.7 Å². The van der Waals surface area contributed by atoms with Crippen LogP contribution in [-0.2, 0) is 6.54 Å². The second-order valence-electron chi connectivity index (χ2n) is 4.04. The second-order valence-corrected chi connectivity index (χ2v) is 4.04. The molecule has 2 rings (SSSR count). The maximum absolute atomic E-state index is 9.19. The standard InChI is InChI=1S/C16H15NO.BrH/c1-2-11-17-12-9-15(10-13-17)4-3-14-5-7-16(18)8-6-14;/h2-10,12-13H,1,11H2;1H. The molecule has 0 amide bonds. The smallest absolute Gasteiger partial charge is 0.169 e. The minimum atomic E-state index is 0. The predicted octanol–water partition coefficient (Wildman–Crippen LogP) is 0.0401. The fourth-order valence-electron chi connectivity index (χ4n) is 1.63. The molecule has 3 heteroatoms. The Morgan fingerprint density at radius 1 is 0.947 bits per heavy atom. The summed E-state index contributed by atoms with van der Waals surface area (Å²) in [4.78, 5) is 0. The molecule has 0 atom stereocenters. The number of aromatic hydroxyl groups is 1. The Hall–Kier alpha value is -1.87. The van der Waals surface area contributed by atoms with Crippen LogP contribution < -0.4 is 21.5 Å². The quantitative estimate of drug-likeness (QED) is 0.625. The van der Waals surface area contributed by atoms with E-state index in [0.717, 1.165) is 17.7 Å². The summed E-state index contributed by atoms with van der Waals surface area (Å²) < 4.78 is 2.06. The monoisotopic (exact) mass is 317 g/mol. The molecule has 0 radical (unpaired) electrons. The van der Waals surface area contributed by atoms with Gasteiger partial charge in [-0.3, -0.25) is 0 Å². The van der Waals surface area contributed by atoms with Gasteiger partial charge in [0.25, 0.3) is 0 Å². The van der Waals surface area contributed by atoms with Crippen LogP contribution >= 0.6 is 0 Å². The third-order valence-corrected chi connectivity index (χ3v) is 2.62. The minimum Gasteiger partial charge on any atom is -1.00 e. The molecular weight excluding hydrogens is 302 g/mol. The van der Waals surface area contributed by atoms with Gasteiger partial charge in [0.05, 0.1) is 0 Å². The highest BCUT2D eigenvalue weighted by Gasteiger charge is 1.95. The fraction of sp³-hybridized carbons (Fsp3) is 0.0625. The second kappa shape index (κ2) is 7.54. The zero-order valence-corrected chi connectivity index (χ0v) is 12.1. The van der Waals surface area contributed by atoms with Crippen LogP contribution in [0.3, 0.4) is 0 Å². The van der Waals surface area contributed by atoms with Crippen molar-refractivity contribution in [2.75, 3.05) is 0 Å². The average molecular weight is 318 g/mol. The van der Waals surface area contributed by atoms with Crippen LogP contribution in [0.25, 0.3) is 12.2 Å². The molecule has 0 aliphatic carbocycles. The molecule has 0 saturated heterocycles. The molecule has 0 aliphatic heterocycles. The van der Waals surface area contributed by atoms with E-state index in [4.69, 9.17) is 0 Å². The summed E-state index contributed by atoms with van der Waals surface area (Å²) in [6.07, 6.45) is 9.99. The van der Waals surface area contributed by atoms with Crippen molar-refractivity contribution in [3.63, 3.8) is 0 Å². The van der Waals surface area contributed by atoms with Gasteiger partial charge in [-0.15, -0.1) is 0 Å². The molecule has 1 aromatic heterocycles. The molecule has 0 saturated carbocycles. The number of nitrogens with zero attached hydrogens (tertiary/aromatic N) is 1. The van der Waals surface area contributed by atoms with Crippen molar-refractivity contribution in [3.8, 4) is 5.75 Å². The highest BCUT2D eigenvalue weighted by molar-refractivity contribution is 5.69. The lowest BCUT2D eigenvalue weighted by molar-refractivity contribution is -0.687. The highest BCUT2D eigenvalue weighted by atomic mass is 79.9. The number of benzene rings is 1. The van der Waals surface area contributed by atoms with E-state index >= 15 is 0 Å². The Morgan fingerprint density at radius 3 is 2.00 bits per heavy atom. The number of phenols is 1. The number of hydrogen-bond donors (Lipinski definition) is 1. The van der Waals surface area contributed by atoms with Crippen molar-refractivity contribution in [1.82, 2.24) is 0 Å². The van der Waals surface area contributed by atoms with Crippen LogP contribution in [0, 0.1) is 0 Å². The normalized spacial score (nSPS) is 10.1. The Labute approximate surface area is 124 Å². The SMILES string of the molecule is C=CC[n+]1ccc(/C=C/c2ccc(O)cc2)cc1.[Br-]. The molecule has 0 unspecified atom stereocenters. The summed E-state index contributed by atoms with van der Waals surface area (Å²) in [5.74, 6) is 0.289. The lowest BCUT2D eigenvalue weighted by Crippen LogP contribution is -3.00. The molecular formula is C16H16BrNO. The first kappa shape index (κ1) is 15.2. The highest BCUT2D eigenvalue weighted by Crippen LogP contribution is 2.12. The van der Waals surface area contributed by atoms with E-state index in [1.165, 1.54) is 0 Å². The van der Waals surface area contributed by atoms with Crippen LogP contribution in [0.4, 0.5) is 0 Å². The van der Waals surface area contributed by atoms with Gasteiger partial charge >= 0.3 is 0 Å². The first-order valence-electron chi connectivity index (χ1n) is 5.85. The summed E-state index contributed by atoms with van der Waals surface area (Å²) >= 11 is 0. The van der Waals surface area contributed by atoms with Gasteiger partial charge in [0.2, 0.25) is 0 Å². The van der Waals surface area contributed by atoms with Gasteiger partial charge in [0.15, 0.2) is 18.9 Å². The number of allylic oxidation sites excluding steroid dienone is 1. The number of pyridine rings is 1. The maximum atomic E-state index is 9.19. The van der Waals surface area contributed by atoms with Crippen LogP contribution in [0.15, 0.2) is 61.4 Å². The van der Waals surface area contributed by atoms with Crippen LogP contribution in [0.2, 0.25) is 0 Å². The molecule has 2 aromatic rings. The molecule has 0 aliphatic rings. The fourth-order valence-corrected chi connectivity index (χ4v) is 1.63. The van der Waals surface area contributed by atoms with Gasteiger partial charge in [-0.1, -0.05) is 30.9 Å². The molecule has 0 spiro atoms. The lowest BCUT2D eigenvalue weighted by Gasteiger charge is -1.95. The first-order valence-corrected chi connectivity index (χ1v) is 5.85. The third-order valence-electron chi connectivity index (χ3n) is 2.62. The van der Waals surface area contributed by atoms with Crippen molar-refractivity contribution in [2.45, 2.75) is 6.54 Å². The van der Waals surface area contributed by atoms with Crippen LogP contribution in [-0.4, -0.2) is 5.11 Å². The van der Waals surface area contributed by atoms with E-state index in [9.17, 15) is 5.11 Å². The first-order chi connectivity index (χ1) is 8.78. The lowest BCUT2D eigenvalue weighted by atomic mass is 10.1. The predicted molar refractivity (Wildman–Crippen MR) is 73.9 cm³/mol. The number of aromatic nitrogens is 1. The van der Waals surface area contributed by atoms with Crippen molar-refractivity contribution in [1.29, 1.82) is 0 Å². The largest absolute Gasteiger partial charge is 1.00 e.